The Morgan fingerprint density at radius 1 is 1.16 bits per heavy atom. The van der Waals surface area contributed by atoms with Crippen LogP contribution in [0.3, 0.4) is 0 Å². The van der Waals surface area contributed by atoms with Gasteiger partial charge in [0.2, 0.25) is 0 Å². The third-order valence-electron chi connectivity index (χ3n) is 5.12. The minimum atomic E-state index is -3.50. The van der Waals surface area contributed by atoms with E-state index in [9.17, 15) is 23.3 Å². The normalized spacial score (nSPS) is 27.5. The van der Waals surface area contributed by atoms with Crippen molar-refractivity contribution in [2.75, 3.05) is 5.75 Å². The molecule has 2 unspecified atom stereocenters. The molecule has 3 aliphatic rings. The molecule has 4 rings (SSSR count). The van der Waals surface area contributed by atoms with E-state index in [1.54, 1.807) is 6.07 Å². The monoisotopic (exact) mass is 360 g/mol. The molecule has 1 aliphatic carbocycles. The number of rotatable bonds is 2. The van der Waals surface area contributed by atoms with Crippen LogP contribution in [0.5, 0.6) is 0 Å². The van der Waals surface area contributed by atoms with Crippen LogP contribution in [0.2, 0.25) is 0 Å². The van der Waals surface area contributed by atoms with E-state index in [0.717, 1.165) is 5.71 Å². The smallest absolute Gasteiger partial charge is 0.269 e. The second kappa shape index (κ2) is 5.59. The predicted molar refractivity (Wildman–Crippen MR) is 91.1 cm³/mol. The molecule has 0 spiro atoms. The molecule has 1 fully saturated rings. The Balaban J connectivity index is 1.93. The zero-order valence-electron chi connectivity index (χ0n) is 13.3. The number of nitrogens with zero attached hydrogens (tertiary/aromatic N) is 2. The Kier molecular flexibility index (Phi) is 3.61. The van der Waals surface area contributed by atoms with Gasteiger partial charge >= 0.3 is 0 Å². The first kappa shape index (κ1) is 16.1. The Morgan fingerprint density at radius 3 is 2.72 bits per heavy atom. The first-order chi connectivity index (χ1) is 11.9. The van der Waals surface area contributed by atoms with Crippen LogP contribution in [-0.4, -0.2) is 30.6 Å². The molecule has 2 atom stereocenters. The number of carbonyl (C=O) groups is 1. The van der Waals surface area contributed by atoms with Crippen molar-refractivity contribution in [1.29, 1.82) is 0 Å². The maximum Gasteiger partial charge on any atom is 0.269 e. The Morgan fingerprint density at radius 2 is 1.96 bits per heavy atom. The molecule has 2 aliphatic heterocycles. The van der Waals surface area contributed by atoms with E-state index < -0.39 is 26.6 Å². The summed E-state index contributed by atoms with van der Waals surface area (Å²) in [5.74, 6) is -1.36. The summed E-state index contributed by atoms with van der Waals surface area (Å²) in [6, 6.07) is 5.95. The fraction of sp³-hybridized carbons (Fsp3) is 0.412. The molecule has 1 aromatic carbocycles. The third-order valence-corrected chi connectivity index (χ3v) is 7.02. The minimum Gasteiger partial charge on any atom is -0.299 e. The van der Waals surface area contributed by atoms with Crippen molar-refractivity contribution in [1.82, 2.24) is 0 Å². The number of benzene rings is 1. The van der Waals surface area contributed by atoms with Crippen molar-refractivity contribution in [3.05, 3.63) is 50.5 Å². The van der Waals surface area contributed by atoms with Crippen LogP contribution in [-0.2, 0) is 14.6 Å². The van der Waals surface area contributed by atoms with E-state index in [1.807, 2.05) is 0 Å². The number of carbonyl (C=O) groups excluding carboxylic acids is 1. The average molecular weight is 360 g/mol. The Bertz CT molecular complexity index is 961. The molecule has 7 nitrogen and oxygen atoms in total. The van der Waals surface area contributed by atoms with Gasteiger partial charge in [-0.25, -0.2) is 8.42 Å². The molecular weight excluding hydrogens is 344 g/mol. The van der Waals surface area contributed by atoms with Crippen LogP contribution < -0.4 is 0 Å². The predicted octanol–water partition coefficient (Wildman–Crippen LogP) is 2.53. The summed E-state index contributed by atoms with van der Waals surface area (Å²) in [4.78, 5) is 27.9. The van der Waals surface area contributed by atoms with Crippen molar-refractivity contribution in [3.8, 4) is 0 Å². The van der Waals surface area contributed by atoms with Gasteiger partial charge in [-0.15, -0.1) is 0 Å². The molecule has 2 heterocycles. The van der Waals surface area contributed by atoms with Gasteiger partial charge in [0.15, 0.2) is 9.84 Å². The number of ketones is 1. The number of hydrogen-bond donors (Lipinski definition) is 0. The number of fused-ring (bicyclic) bond motifs is 1. The van der Waals surface area contributed by atoms with E-state index >= 15 is 0 Å². The van der Waals surface area contributed by atoms with Crippen molar-refractivity contribution >= 4 is 27.0 Å². The van der Waals surface area contributed by atoms with Gasteiger partial charge in [0.1, 0.15) is 5.78 Å². The van der Waals surface area contributed by atoms with Crippen LogP contribution in [0.4, 0.5) is 5.69 Å². The maximum atomic E-state index is 12.6. The lowest BCUT2D eigenvalue weighted by Crippen LogP contribution is -2.37. The van der Waals surface area contributed by atoms with E-state index in [1.165, 1.54) is 18.2 Å². The summed E-state index contributed by atoms with van der Waals surface area (Å²) >= 11 is 0. The van der Waals surface area contributed by atoms with Crippen molar-refractivity contribution in [2.24, 2.45) is 10.9 Å². The summed E-state index contributed by atoms with van der Waals surface area (Å²) in [6.07, 6.45) is 2.11. The lowest BCUT2D eigenvalue weighted by atomic mass is 9.72. The molecular formula is C17H16N2O5S. The Labute approximate surface area is 144 Å². The number of non-ortho nitro benzene ring substituents is 1. The highest BCUT2D eigenvalue weighted by Crippen LogP contribution is 2.48. The molecule has 1 saturated carbocycles. The summed E-state index contributed by atoms with van der Waals surface area (Å²) < 4.78 is 25.2. The highest BCUT2D eigenvalue weighted by Gasteiger charge is 2.48. The van der Waals surface area contributed by atoms with Gasteiger partial charge in [0, 0.05) is 36.6 Å². The van der Waals surface area contributed by atoms with Gasteiger partial charge in [0.25, 0.3) is 5.69 Å². The number of hydrogen-bond acceptors (Lipinski definition) is 6. The molecule has 0 aromatic heterocycles. The number of allylic oxidation sites excluding steroid dienone is 2. The second-order valence-corrected chi connectivity index (χ2v) is 8.69. The zero-order valence-corrected chi connectivity index (χ0v) is 14.2. The maximum absolute atomic E-state index is 12.6. The van der Waals surface area contributed by atoms with E-state index in [0.29, 0.717) is 36.9 Å². The first-order valence-electron chi connectivity index (χ1n) is 8.19. The molecule has 0 bridgehead atoms. The standard InChI is InChI=1S/C17H16N2O5S/c20-14-6-2-5-12-16(14)15(10-3-1-4-11(9-10)19(21)22)17-13(18-12)7-8-25(17,23)24/h1,3-4,9,15-16H,2,5-8H2. The first-order valence-corrected chi connectivity index (χ1v) is 9.84. The molecule has 0 N–H and O–H groups in total. The molecule has 0 radical (unpaired) electrons. The van der Waals surface area contributed by atoms with E-state index in [2.05, 4.69) is 4.99 Å². The van der Waals surface area contributed by atoms with Gasteiger partial charge in [-0.05, 0) is 18.4 Å². The average Bonchev–Trinajstić information content (AvgIpc) is 2.88. The highest BCUT2D eigenvalue weighted by atomic mass is 32.2. The SMILES string of the molecule is O=C1CCCC2=NC3=C(C(c4cccc([N+](=O)[O-])c4)C12)S(=O)(=O)CC3. The van der Waals surface area contributed by atoms with Crippen LogP contribution in [0, 0.1) is 16.0 Å². The Hall–Kier alpha value is -2.35. The fourth-order valence-electron chi connectivity index (χ4n) is 4.07. The zero-order chi connectivity index (χ0) is 17.8. The summed E-state index contributed by atoms with van der Waals surface area (Å²) in [5.41, 5.74) is 1.64. The fourth-order valence-corrected chi connectivity index (χ4v) is 5.92. The number of Topliss-reactive ketones (excluding diaryl/α,β-unsaturated/α-hetero) is 1. The van der Waals surface area contributed by atoms with Crippen molar-refractivity contribution in [2.45, 2.75) is 31.6 Å². The van der Waals surface area contributed by atoms with Gasteiger partial charge in [0.05, 0.1) is 27.2 Å². The molecule has 8 heteroatoms. The third kappa shape index (κ3) is 2.52. The second-order valence-electron chi connectivity index (χ2n) is 6.61. The topological polar surface area (TPSA) is 107 Å². The number of aliphatic imine (C=N–C) groups is 1. The van der Waals surface area contributed by atoms with Gasteiger partial charge in [-0.1, -0.05) is 12.1 Å². The van der Waals surface area contributed by atoms with Gasteiger partial charge in [-0.2, -0.15) is 0 Å². The van der Waals surface area contributed by atoms with Crippen LogP contribution in [0.1, 0.15) is 37.2 Å². The summed E-state index contributed by atoms with van der Waals surface area (Å²) in [5, 5.41) is 11.1. The molecule has 0 saturated heterocycles. The lowest BCUT2D eigenvalue weighted by Gasteiger charge is -2.34. The quantitative estimate of drug-likeness (QED) is 0.595. The number of nitro benzene ring substituents is 1. The number of sulfone groups is 1. The summed E-state index contributed by atoms with van der Waals surface area (Å²) in [7, 11) is -3.50. The molecule has 1 aromatic rings. The van der Waals surface area contributed by atoms with Crippen molar-refractivity contribution < 1.29 is 18.1 Å². The molecule has 25 heavy (non-hydrogen) atoms. The van der Waals surface area contributed by atoms with Gasteiger partial charge in [-0.3, -0.25) is 19.9 Å². The van der Waals surface area contributed by atoms with E-state index in [4.69, 9.17) is 0 Å². The lowest BCUT2D eigenvalue weighted by molar-refractivity contribution is -0.384. The van der Waals surface area contributed by atoms with E-state index in [-0.39, 0.29) is 22.1 Å². The molecule has 130 valence electrons. The van der Waals surface area contributed by atoms with Gasteiger partial charge < -0.3 is 0 Å². The molecule has 0 amide bonds. The van der Waals surface area contributed by atoms with Crippen LogP contribution >= 0.6 is 0 Å². The largest absolute Gasteiger partial charge is 0.299 e. The van der Waals surface area contributed by atoms with Crippen LogP contribution in [0.15, 0.2) is 39.9 Å². The minimum absolute atomic E-state index is 0.0131. The van der Waals surface area contributed by atoms with Crippen molar-refractivity contribution in [3.63, 3.8) is 0 Å². The van der Waals surface area contributed by atoms with Crippen LogP contribution in [0.25, 0.3) is 0 Å². The summed E-state index contributed by atoms with van der Waals surface area (Å²) in [6.45, 7) is 0. The number of nitro groups is 1. The highest BCUT2D eigenvalue weighted by molar-refractivity contribution is 7.95.